The van der Waals surface area contributed by atoms with Gasteiger partial charge in [0, 0.05) is 0 Å². The van der Waals surface area contributed by atoms with E-state index in [1.165, 1.54) is 6.26 Å². The van der Waals surface area contributed by atoms with Crippen molar-refractivity contribution in [2.24, 2.45) is 0 Å². The van der Waals surface area contributed by atoms with Crippen molar-refractivity contribution in [1.29, 1.82) is 0 Å². The lowest BCUT2D eigenvalue weighted by Crippen LogP contribution is -2.49. The zero-order chi connectivity index (χ0) is 12.7. The van der Waals surface area contributed by atoms with E-state index in [4.69, 9.17) is 9.15 Å². The largest absolute Gasteiger partial charge is 0.457 e. The fourth-order valence-electron chi connectivity index (χ4n) is 1.94. The molecule has 0 aliphatic carbocycles. The Hall–Kier alpha value is -1.29. The molecule has 4 nitrogen and oxygen atoms in total. The molecule has 0 aliphatic rings. The molecule has 0 atom stereocenters. The predicted octanol–water partition coefficient (Wildman–Crippen LogP) is 2.31. The number of nitrogens with zero attached hydrogens (tertiary/aromatic N) is 1. The first-order valence-electron chi connectivity index (χ1n) is 6.23. The molecule has 0 saturated heterocycles. The summed E-state index contributed by atoms with van der Waals surface area (Å²) < 4.78 is 11.2. The minimum atomic E-state index is -0.378. The average Bonchev–Trinajstić information content (AvgIpc) is 2.89. The van der Waals surface area contributed by atoms with Gasteiger partial charge in [0.25, 0.3) is 0 Å². The van der Waals surface area contributed by atoms with Crippen LogP contribution in [0.25, 0.3) is 0 Å². The van der Waals surface area contributed by atoms with Crippen molar-refractivity contribution in [3.8, 4) is 0 Å². The van der Waals surface area contributed by atoms with Crippen LogP contribution in [0, 0.1) is 0 Å². The Morgan fingerprint density at radius 1 is 1.29 bits per heavy atom. The highest BCUT2D eigenvalue weighted by Gasteiger charge is 2.21. The van der Waals surface area contributed by atoms with Gasteiger partial charge in [-0.05, 0) is 32.9 Å². The molecule has 0 fully saturated rings. The van der Waals surface area contributed by atoms with Gasteiger partial charge in [-0.1, -0.05) is 0 Å². The molecule has 4 heteroatoms. The summed E-state index contributed by atoms with van der Waals surface area (Å²) in [5, 5.41) is 0. The maximum atomic E-state index is 11.5. The Balaban J connectivity index is 2.39. The van der Waals surface area contributed by atoms with Gasteiger partial charge in [0.15, 0.2) is 0 Å². The highest BCUT2D eigenvalue weighted by atomic mass is 16.5. The molecule has 0 unspecified atom stereocenters. The van der Waals surface area contributed by atoms with Gasteiger partial charge in [-0.15, -0.1) is 0 Å². The lowest BCUT2D eigenvalue weighted by molar-refractivity contribution is -0.923. The number of furan rings is 1. The van der Waals surface area contributed by atoms with Crippen molar-refractivity contribution in [3.63, 3.8) is 0 Å². The molecule has 17 heavy (non-hydrogen) atoms. The van der Waals surface area contributed by atoms with E-state index in [-0.39, 0.29) is 11.7 Å². The maximum absolute atomic E-state index is 11.5. The van der Waals surface area contributed by atoms with Gasteiger partial charge in [-0.2, -0.15) is 0 Å². The molecule has 0 amide bonds. The number of ether oxygens (including phenoxy) is 1. The first-order valence-corrected chi connectivity index (χ1v) is 6.23. The van der Waals surface area contributed by atoms with Gasteiger partial charge in [-0.3, -0.25) is 0 Å². The number of hydrogen-bond donors (Lipinski definition) is 0. The van der Waals surface area contributed by atoms with Crippen LogP contribution in [0.5, 0.6) is 0 Å². The van der Waals surface area contributed by atoms with Gasteiger partial charge >= 0.3 is 5.97 Å². The smallest absolute Gasteiger partial charge is 0.374 e. The lowest BCUT2D eigenvalue weighted by Gasteiger charge is -2.35. The molecule has 0 bridgehead atoms. The van der Waals surface area contributed by atoms with Crippen LogP contribution >= 0.6 is 0 Å². The molecule has 0 saturated carbocycles. The third-order valence-corrected chi connectivity index (χ3v) is 3.53. The number of rotatable bonds is 7. The van der Waals surface area contributed by atoms with Crippen molar-refractivity contribution in [2.45, 2.75) is 20.8 Å². The highest BCUT2D eigenvalue weighted by Crippen LogP contribution is 2.07. The fourth-order valence-corrected chi connectivity index (χ4v) is 1.94. The van der Waals surface area contributed by atoms with Crippen LogP contribution in [0.15, 0.2) is 22.8 Å². The Morgan fingerprint density at radius 3 is 2.41 bits per heavy atom. The summed E-state index contributed by atoms with van der Waals surface area (Å²) in [6.07, 6.45) is 1.47. The second kappa shape index (κ2) is 6.45. The zero-order valence-electron chi connectivity index (χ0n) is 10.9. The normalized spacial score (nSPS) is 11.5. The van der Waals surface area contributed by atoms with Crippen molar-refractivity contribution in [2.75, 3.05) is 32.8 Å². The molecular weight excluding hydrogens is 218 g/mol. The third-order valence-electron chi connectivity index (χ3n) is 3.53. The molecule has 1 aromatic rings. The van der Waals surface area contributed by atoms with E-state index in [1.807, 2.05) is 0 Å². The van der Waals surface area contributed by atoms with E-state index in [0.717, 1.165) is 30.7 Å². The SMILES string of the molecule is CC[N+](CC)(CC)CCOC(=O)c1ccco1. The zero-order valence-corrected chi connectivity index (χ0v) is 10.9. The Kier molecular flexibility index (Phi) is 5.22. The molecule has 1 heterocycles. The van der Waals surface area contributed by atoms with Crippen LogP contribution < -0.4 is 0 Å². The quantitative estimate of drug-likeness (QED) is 0.542. The molecule has 0 aromatic carbocycles. The van der Waals surface area contributed by atoms with Crippen LogP contribution in [-0.2, 0) is 4.74 Å². The first-order chi connectivity index (χ1) is 8.17. The van der Waals surface area contributed by atoms with Crippen LogP contribution in [0.3, 0.4) is 0 Å². The van der Waals surface area contributed by atoms with Crippen molar-refractivity contribution < 1.29 is 18.4 Å². The van der Waals surface area contributed by atoms with Gasteiger partial charge in [0.05, 0.1) is 25.9 Å². The van der Waals surface area contributed by atoms with Crippen LogP contribution in [0.2, 0.25) is 0 Å². The van der Waals surface area contributed by atoms with E-state index in [9.17, 15) is 4.79 Å². The van der Waals surface area contributed by atoms with Crippen molar-refractivity contribution >= 4 is 5.97 Å². The Labute approximate surface area is 103 Å². The van der Waals surface area contributed by atoms with Crippen LogP contribution in [0.4, 0.5) is 0 Å². The maximum Gasteiger partial charge on any atom is 0.374 e. The van der Waals surface area contributed by atoms with Crippen LogP contribution in [-0.4, -0.2) is 43.2 Å². The van der Waals surface area contributed by atoms with Gasteiger partial charge < -0.3 is 13.6 Å². The Morgan fingerprint density at radius 2 is 1.94 bits per heavy atom. The average molecular weight is 240 g/mol. The topological polar surface area (TPSA) is 39.4 Å². The standard InChI is InChI=1S/C13H22NO3/c1-4-14(5-2,6-3)9-11-17-13(15)12-8-7-10-16-12/h7-8,10H,4-6,9,11H2,1-3H3/q+1. The summed E-state index contributed by atoms with van der Waals surface area (Å²) in [4.78, 5) is 11.5. The molecular formula is C13H22NO3+. The molecule has 0 aliphatic heterocycles. The van der Waals surface area contributed by atoms with Crippen LogP contribution in [0.1, 0.15) is 31.3 Å². The molecule has 0 radical (unpaired) electrons. The fraction of sp³-hybridized carbons (Fsp3) is 0.615. The monoisotopic (exact) mass is 240 g/mol. The minimum absolute atomic E-state index is 0.271. The lowest BCUT2D eigenvalue weighted by atomic mass is 10.3. The number of carbonyl (C=O) groups is 1. The molecule has 0 N–H and O–H groups in total. The van der Waals surface area contributed by atoms with E-state index in [0.29, 0.717) is 6.61 Å². The number of esters is 1. The van der Waals surface area contributed by atoms with E-state index >= 15 is 0 Å². The second-order valence-corrected chi connectivity index (χ2v) is 4.13. The number of quaternary nitrogens is 1. The third kappa shape index (κ3) is 3.60. The van der Waals surface area contributed by atoms with Gasteiger partial charge in [-0.25, -0.2) is 4.79 Å². The molecule has 96 valence electrons. The van der Waals surface area contributed by atoms with E-state index in [2.05, 4.69) is 20.8 Å². The van der Waals surface area contributed by atoms with Crippen molar-refractivity contribution in [1.82, 2.24) is 0 Å². The molecule has 1 aromatic heterocycles. The highest BCUT2D eigenvalue weighted by molar-refractivity contribution is 5.86. The number of hydrogen-bond acceptors (Lipinski definition) is 3. The molecule has 1 rings (SSSR count). The van der Waals surface area contributed by atoms with Gasteiger partial charge in [0.1, 0.15) is 13.2 Å². The van der Waals surface area contributed by atoms with E-state index in [1.54, 1.807) is 12.1 Å². The van der Waals surface area contributed by atoms with Gasteiger partial charge in [0.2, 0.25) is 5.76 Å². The number of likely N-dealkylation sites (N-methyl/N-ethyl adjacent to an activating group) is 1. The number of carbonyl (C=O) groups excluding carboxylic acids is 1. The van der Waals surface area contributed by atoms with Crippen molar-refractivity contribution in [3.05, 3.63) is 24.2 Å². The van der Waals surface area contributed by atoms with E-state index < -0.39 is 0 Å². The first kappa shape index (κ1) is 13.8. The predicted molar refractivity (Wildman–Crippen MR) is 65.7 cm³/mol. The summed E-state index contributed by atoms with van der Waals surface area (Å²) in [5.74, 6) is -0.107. The Bertz CT molecular complexity index is 320. The minimum Gasteiger partial charge on any atom is -0.457 e. The molecule has 0 spiro atoms. The summed E-state index contributed by atoms with van der Waals surface area (Å²) in [5.41, 5.74) is 0. The second-order valence-electron chi connectivity index (χ2n) is 4.13. The summed E-state index contributed by atoms with van der Waals surface area (Å²) in [6, 6.07) is 3.30. The summed E-state index contributed by atoms with van der Waals surface area (Å²) in [6.45, 7) is 11.0. The summed E-state index contributed by atoms with van der Waals surface area (Å²) in [7, 11) is 0. The summed E-state index contributed by atoms with van der Waals surface area (Å²) >= 11 is 0.